The van der Waals surface area contributed by atoms with Gasteiger partial charge in [0, 0.05) is 56.9 Å². The van der Waals surface area contributed by atoms with Gasteiger partial charge in [0.25, 0.3) is 0 Å². The van der Waals surface area contributed by atoms with Crippen molar-refractivity contribution in [3.63, 3.8) is 0 Å². The minimum absolute atomic E-state index is 0.826. The summed E-state index contributed by atoms with van der Waals surface area (Å²) in [6.45, 7) is 9.14. The molecule has 5 nitrogen and oxygen atoms in total. The van der Waals surface area contributed by atoms with Crippen molar-refractivity contribution in [1.82, 2.24) is 15.2 Å². The SMILES string of the molecule is c1nc(N2CCOCC2)sc1CN1CCNCC1. The molecule has 0 aliphatic carbocycles. The van der Waals surface area contributed by atoms with Crippen molar-refractivity contribution in [3.8, 4) is 0 Å². The summed E-state index contributed by atoms with van der Waals surface area (Å²) in [5.74, 6) is 0. The molecule has 6 heteroatoms. The van der Waals surface area contributed by atoms with Gasteiger partial charge in [-0.15, -0.1) is 11.3 Å². The molecule has 0 unspecified atom stereocenters. The van der Waals surface area contributed by atoms with Crippen LogP contribution in [-0.2, 0) is 11.3 Å². The molecule has 2 aliphatic heterocycles. The molecule has 3 rings (SSSR count). The first-order valence-electron chi connectivity index (χ1n) is 6.62. The fourth-order valence-electron chi connectivity index (χ4n) is 2.36. The van der Waals surface area contributed by atoms with Crippen molar-refractivity contribution in [2.24, 2.45) is 0 Å². The second-order valence-corrected chi connectivity index (χ2v) is 5.83. The average Bonchev–Trinajstić information content (AvgIpc) is 2.89. The molecule has 1 N–H and O–H groups in total. The first-order valence-corrected chi connectivity index (χ1v) is 7.44. The molecule has 1 aromatic heterocycles. The number of piperazine rings is 1. The van der Waals surface area contributed by atoms with E-state index >= 15 is 0 Å². The zero-order valence-corrected chi connectivity index (χ0v) is 11.4. The molecule has 2 aliphatic rings. The fourth-order valence-corrected chi connectivity index (χ4v) is 3.36. The standard InChI is InChI=1S/C12H20N4OS/c1-3-15(4-2-13-1)10-11-9-14-12(18-11)16-5-7-17-8-6-16/h9,13H,1-8,10H2. The maximum absolute atomic E-state index is 5.37. The summed E-state index contributed by atoms with van der Waals surface area (Å²) in [6, 6.07) is 0. The van der Waals surface area contributed by atoms with Crippen LogP contribution < -0.4 is 10.2 Å². The Morgan fingerprint density at radius 3 is 2.78 bits per heavy atom. The van der Waals surface area contributed by atoms with Crippen LogP contribution in [0.15, 0.2) is 6.20 Å². The van der Waals surface area contributed by atoms with Crippen LogP contribution in [-0.4, -0.2) is 62.4 Å². The quantitative estimate of drug-likeness (QED) is 0.858. The van der Waals surface area contributed by atoms with Gasteiger partial charge in [-0.1, -0.05) is 0 Å². The van der Waals surface area contributed by atoms with E-state index in [4.69, 9.17) is 4.74 Å². The number of anilines is 1. The molecule has 0 saturated carbocycles. The van der Waals surface area contributed by atoms with E-state index in [0.717, 1.165) is 64.2 Å². The van der Waals surface area contributed by atoms with E-state index in [-0.39, 0.29) is 0 Å². The van der Waals surface area contributed by atoms with Crippen molar-refractivity contribution < 1.29 is 4.74 Å². The Bertz CT molecular complexity index is 372. The summed E-state index contributed by atoms with van der Waals surface area (Å²) in [5, 5.41) is 4.54. The first-order chi connectivity index (χ1) is 8.92. The van der Waals surface area contributed by atoms with Gasteiger partial charge in [0.15, 0.2) is 5.13 Å². The van der Waals surface area contributed by atoms with Crippen LogP contribution in [0.5, 0.6) is 0 Å². The van der Waals surface area contributed by atoms with Gasteiger partial charge in [-0.05, 0) is 0 Å². The van der Waals surface area contributed by atoms with Crippen molar-refractivity contribution in [2.75, 3.05) is 57.4 Å². The molecule has 0 amide bonds. The minimum Gasteiger partial charge on any atom is -0.378 e. The lowest BCUT2D eigenvalue weighted by molar-refractivity contribution is 0.122. The second kappa shape index (κ2) is 5.97. The zero-order chi connectivity index (χ0) is 12.2. The van der Waals surface area contributed by atoms with Gasteiger partial charge in [-0.25, -0.2) is 4.98 Å². The molecule has 0 atom stereocenters. The summed E-state index contributed by atoms with van der Waals surface area (Å²) in [6.07, 6.45) is 2.04. The van der Waals surface area contributed by atoms with Crippen LogP contribution in [0.4, 0.5) is 5.13 Å². The molecule has 0 bridgehead atoms. The third kappa shape index (κ3) is 3.00. The molecular formula is C12H20N4OS. The van der Waals surface area contributed by atoms with Gasteiger partial charge >= 0.3 is 0 Å². The maximum Gasteiger partial charge on any atom is 0.185 e. The van der Waals surface area contributed by atoms with Crippen LogP contribution >= 0.6 is 11.3 Å². The Hall–Kier alpha value is -0.690. The largest absolute Gasteiger partial charge is 0.378 e. The van der Waals surface area contributed by atoms with Gasteiger partial charge in [0.1, 0.15) is 0 Å². The zero-order valence-electron chi connectivity index (χ0n) is 10.6. The third-order valence-corrected chi connectivity index (χ3v) is 4.45. The summed E-state index contributed by atoms with van der Waals surface area (Å²) in [4.78, 5) is 10.7. The van der Waals surface area contributed by atoms with Crippen LogP contribution in [0.25, 0.3) is 0 Å². The molecule has 0 aromatic carbocycles. The monoisotopic (exact) mass is 268 g/mol. The number of aromatic nitrogens is 1. The summed E-state index contributed by atoms with van der Waals surface area (Å²) >= 11 is 1.83. The van der Waals surface area contributed by atoms with Gasteiger partial charge in [0.05, 0.1) is 13.2 Å². The molecule has 100 valence electrons. The van der Waals surface area contributed by atoms with Crippen molar-refractivity contribution in [1.29, 1.82) is 0 Å². The first kappa shape index (κ1) is 12.3. The van der Waals surface area contributed by atoms with Crippen LogP contribution in [0.3, 0.4) is 0 Å². The van der Waals surface area contributed by atoms with E-state index in [1.807, 2.05) is 17.5 Å². The van der Waals surface area contributed by atoms with Crippen molar-refractivity contribution >= 4 is 16.5 Å². The predicted octanol–water partition coefficient (Wildman–Crippen LogP) is 0.385. The van der Waals surface area contributed by atoms with Gasteiger partial charge in [-0.2, -0.15) is 0 Å². The molecule has 18 heavy (non-hydrogen) atoms. The Labute approximate surface area is 112 Å². The maximum atomic E-state index is 5.37. The highest BCUT2D eigenvalue weighted by Crippen LogP contribution is 2.24. The molecule has 2 saturated heterocycles. The Morgan fingerprint density at radius 1 is 1.22 bits per heavy atom. The van der Waals surface area contributed by atoms with Crippen LogP contribution in [0.2, 0.25) is 0 Å². The number of ether oxygens (including phenoxy) is 1. The number of hydrogen-bond donors (Lipinski definition) is 1. The predicted molar refractivity (Wildman–Crippen MR) is 73.3 cm³/mol. The lowest BCUT2D eigenvalue weighted by atomic mass is 10.3. The highest BCUT2D eigenvalue weighted by molar-refractivity contribution is 7.15. The van der Waals surface area contributed by atoms with E-state index in [9.17, 15) is 0 Å². The minimum atomic E-state index is 0.826. The fraction of sp³-hybridized carbons (Fsp3) is 0.750. The van der Waals surface area contributed by atoms with Crippen LogP contribution in [0.1, 0.15) is 4.88 Å². The molecule has 1 aromatic rings. The van der Waals surface area contributed by atoms with Gasteiger partial charge < -0.3 is 15.0 Å². The van der Waals surface area contributed by atoms with E-state index < -0.39 is 0 Å². The lowest BCUT2D eigenvalue weighted by Crippen LogP contribution is -2.42. The van der Waals surface area contributed by atoms with Crippen LogP contribution in [0, 0.1) is 0 Å². The van der Waals surface area contributed by atoms with Crippen molar-refractivity contribution in [2.45, 2.75) is 6.54 Å². The van der Waals surface area contributed by atoms with E-state index in [1.165, 1.54) is 4.88 Å². The normalized spacial score (nSPS) is 22.3. The second-order valence-electron chi connectivity index (χ2n) is 4.73. The smallest absolute Gasteiger partial charge is 0.185 e. The van der Waals surface area contributed by atoms with Gasteiger partial charge in [-0.3, -0.25) is 4.90 Å². The average molecular weight is 268 g/mol. The molecule has 2 fully saturated rings. The molecular weight excluding hydrogens is 248 g/mol. The number of hydrogen-bond acceptors (Lipinski definition) is 6. The number of thiazole rings is 1. The molecule has 0 spiro atoms. The summed E-state index contributed by atoms with van der Waals surface area (Å²) < 4.78 is 5.37. The summed E-state index contributed by atoms with van der Waals surface area (Å²) in [5.41, 5.74) is 0. The summed E-state index contributed by atoms with van der Waals surface area (Å²) in [7, 11) is 0. The molecule has 3 heterocycles. The number of rotatable bonds is 3. The Morgan fingerprint density at radius 2 is 2.00 bits per heavy atom. The topological polar surface area (TPSA) is 40.6 Å². The number of nitrogens with zero attached hydrogens (tertiary/aromatic N) is 3. The van der Waals surface area contributed by atoms with Crippen molar-refractivity contribution in [3.05, 3.63) is 11.1 Å². The lowest BCUT2D eigenvalue weighted by Gasteiger charge is -2.27. The Kier molecular flexibility index (Phi) is 4.09. The van der Waals surface area contributed by atoms with E-state index in [2.05, 4.69) is 20.1 Å². The third-order valence-electron chi connectivity index (χ3n) is 3.41. The van der Waals surface area contributed by atoms with E-state index in [0.29, 0.717) is 0 Å². The number of nitrogens with one attached hydrogen (secondary N) is 1. The van der Waals surface area contributed by atoms with Gasteiger partial charge in [0.2, 0.25) is 0 Å². The highest BCUT2D eigenvalue weighted by atomic mass is 32.1. The van der Waals surface area contributed by atoms with E-state index in [1.54, 1.807) is 0 Å². The number of morpholine rings is 1. The Balaban J connectivity index is 1.58. The highest BCUT2D eigenvalue weighted by Gasteiger charge is 2.16. The molecule has 0 radical (unpaired) electrons.